The van der Waals surface area contributed by atoms with Crippen LogP contribution in [0.15, 0.2) is 36.4 Å². The number of aromatic nitrogens is 1. The quantitative estimate of drug-likeness (QED) is 0.761. The van der Waals surface area contributed by atoms with Crippen LogP contribution >= 0.6 is 0 Å². The maximum Gasteiger partial charge on any atom is 0.251 e. The van der Waals surface area contributed by atoms with Gasteiger partial charge < -0.3 is 5.32 Å². The Morgan fingerprint density at radius 3 is 2.59 bits per heavy atom. The highest BCUT2D eigenvalue weighted by Crippen LogP contribution is 2.41. The lowest BCUT2D eigenvalue weighted by molar-refractivity contribution is -0.128. The number of amides is 3. The topological polar surface area (TPSA) is 112 Å². The van der Waals surface area contributed by atoms with Crippen molar-refractivity contribution in [3.05, 3.63) is 64.5 Å². The molecule has 2 N–H and O–H groups in total. The van der Waals surface area contributed by atoms with E-state index in [1.54, 1.807) is 37.3 Å². The van der Waals surface area contributed by atoms with E-state index in [0.717, 1.165) is 11.1 Å². The number of hydrogen-bond donors (Lipinski definition) is 2. The zero-order valence-corrected chi connectivity index (χ0v) is 16.6. The van der Waals surface area contributed by atoms with Gasteiger partial charge in [0.15, 0.2) is 0 Å². The van der Waals surface area contributed by atoms with Crippen LogP contribution in [0.5, 0.6) is 0 Å². The van der Waals surface area contributed by atoms with Gasteiger partial charge in [-0.15, -0.1) is 0 Å². The second-order valence-electron chi connectivity index (χ2n) is 7.63. The fourth-order valence-corrected chi connectivity index (χ4v) is 3.53. The number of aryl methyl sites for hydroxylation is 1. The molecule has 1 aliphatic heterocycles. The molecule has 1 saturated heterocycles. The Balaban J connectivity index is 1.68. The van der Waals surface area contributed by atoms with Crippen molar-refractivity contribution < 1.29 is 14.4 Å². The molecule has 148 valence electrons. The Hall–Kier alpha value is -3.53. The second kappa shape index (κ2) is 7.84. The van der Waals surface area contributed by atoms with E-state index in [1.165, 1.54) is 0 Å². The molecule has 1 fully saturated rings. The van der Waals surface area contributed by atoms with Crippen LogP contribution in [0.4, 0.5) is 0 Å². The first-order chi connectivity index (χ1) is 13.7. The first-order valence-corrected chi connectivity index (χ1v) is 9.33. The van der Waals surface area contributed by atoms with Crippen molar-refractivity contribution in [3.8, 4) is 6.07 Å². The highest BCUT2D eigenvalue weighted by molar-refractivity contribution is 6.06. The maximum absolute atomic E-state index is 12.4. The number of carbonyl (C=O) groups excluding carboxylic acids is 3. The molecule has 3 amide bonds. The van der Waals surface area contributed by atoms with Crippen LogP contribution in [-0.2, 0) is 16.1 Å². The summed E-state index contributed by atoms with van der Waals surface area (Å²) in [4.78, 5) is 40.4. The first kappa shape index (κ1) is 20.2. The predicted octanol–water partition coefficient (Wildman–Crippen LogP) is 2.35. The predicted molar refractivity (Wildman–Crippen MR) is 106 cm³/mol. The molecule has 0 radical (unpaired) electrons. The molecular formula is C22H22N4O3. The van der Waals surface area contributed by atoms with Crippen molar-refractivity contribution in [1.29, 1.82) is 5.26 Å². The summed E-state index contributed by atoms with van der Waals surface area (Å²) >= 11 is 0. The van der Waals surface area contributed by atoms with Gasteiger partial charge in [0.1, 0.15) is 11.8 Å². The molecule has 1 aromatic heterocycles. The molecule has 0 saturated carbocycles. The normalized spacial score (nSPS) is 19.4. The van der Waals surface area contributed by atoms with Crippen LogP contribution in [0.2, 0.25) is 0 Å². The SMILES string of the molecule is Cc1cc(C#N)nc(CNC(=O)c2ccc(C(C)[C@]3(C)CC(=O)NC3=O)cc2)c1. The third kappa shape index (κ3) is 4.16. The Bertz CT molecular complexity index is 1020. The lowest BCUT2D eigenvalue weighted by atomic mass is 9.73. The zero-order chi connectivity index (χ0) is 21.2. The van der Waals surface area contributed by atoms with Crippen LogP contribution in [-0.4, -0.2) is 22.7 Å². The molecule has 3 rings (SSSR count). The average Bonchev–Trinajstić information content (AvgIpc) is 2.97. The monoisotopic (exact) mass is 390 g/mol. The van der Waals surface area contributed by atoms with Gasteiger partial charge in [-0.05, 0) is 55.2 Å². The van der Waals surface area contributed by atoms with E-state index in [9.17, 15) is 14.4 Å². The zero-order valence-electron chi connectivity index (χ0n) is 16.6. The van der Waals surface area contributed by atoms with Crippen molar-refractivity contribution >= 4 is 17.7 Å². The fraction of sp³-hybridized carbons (Fsp3) is 0.318. The van der Waals surface area contributed by atoms with Crippen LogP contribution in [0, 0.1) is 23.7 Å². The molecular weight excluding hydrogens is 368 g/mol. The summed E-state index contributed by atoms with van der Waals surface area (Å²) < 4.78 is 0. The van der Waals surface area contributed by atoms with Gasteiger partial charge in [0.25, 0.3) is 5.91 Å². The number of pyridine rings is 1. The number of nitrogens with one attached hydrogen (secondary N) is 2. The Morgan fingerprint density at radius 1 is 1.31 bits per heavy atom. The van der Waals surface area contributed by atoms with Crippen LogP contribution in [0.25, 0.3) is 0 Å². The molecule has 0 bridgehead atoms. The summed E-state index contributed by atoms with van der Waals surface area (Å²) in [6.07, 6.45) is 0.156. The smallest absolute Gasteiger partial charge is 0.251 e. The summed E-state index contributed by atoms with van der Waals surface area (Å²) in [5.41, 5.74) is 2.40. The molecule has 1 unspecified atom stereocenters. The van der Waals surface area contributed by atoms with Crippen molar-refractivity contribution in [2.75, 3.05) is 0 Å². The third-order valence-electron chi connectivity index (χ3n) is 5.50. The molecule has 2 aromatic rings. The van der Waals surface area contributed by atoms with Gasteiger partial charge in [0.05, 0.1) is 17.7 Å². The first-order valence-electron chi connectivity index (χ1n) is 9.33. The van der Waals surface area contributed by atoms with E-state index in [4.69, 9.17) is 5.26 Å². The summed E-state index contributed by atoms with van der Waals surface area (Å²) in [5.74, 6) is -0.957. The molecule has 7 nitrogen and oxygen atoms in total. The number of imide groups is 1. The molecule has 1 aliphatic rings. The van der Waals surface area contributed by atoms with Gasteiger partial charge in [0, 0.05) is 12.0 Å². The highest BCUT2D eigenvalue weighted by atomic mass is 16.2. The number of rotatable bonds is 5. The van der Waals surface area contributed by atoms with Gasteiger partial charge in [-0.3, -0.25) is 19.7 Å². The standard InChI is InChI=1S/C22H22N4O3/c1-13-8-17(11-23)25-18(9-13)12-24-20(28)16-6-4-15(5-7-16)14(2)22(3)10-19(27)26-21(22)29/h4-9,14H,10,12H2,1-3H3,(H,24,28)(H,26,27,29)/t14?,22-/m0/s1. The molecule has 7 heteroatoms. The number of nitrogens with zero attached hydrogens (tertiary/aromatic N) is 2. The van der Waals surface area contributed by atoms with E-state index in [-0.39, 0.29) is 36.6 Å². The Morgan fingerprint density at radius 2 is 2.00 bits per heavy atom. The van der Waals surface area contributed by atoms with Gasteiger partial charge >= 0.3 is 0 Å². The number of nitriles is 1. The molecule has 0 aliphatic carbocycles. The van der Waals surface area contributed by atoms with Crippen molar-refractivity contribution in [3.63, 3.8) is 0 Å². The number of benzene rings is 1. The van der Waals surface area contributed by atoms with E-state index >= 15 is 0 Å². The maximum atomic E-state index is 12.4. The van der Waals surface area contributed by atoms with Gasteiger partial charge in [-0.25, -0.2) is 4.98 Å². The Kier molecular flexibility index (Phi) is 5.46. The fourth-order valence-electron chi connectivity index (χ4n) is 3.53. The molecule has 1 aromatic carbocycles. The van der Waals surface area contributed by atoms with E-state index in [2.05, 4.69) is 15.6 Å². The molecule has 29 heavy (non-hydrogen) atoms. The van der Waals surface area contributed by atoms with Crippen LogP contribution in [0.3, 0.4) is 0 Å². The molecule has 0 spiro atoms. The number of hydrogen-bond acceptors (Lipinski definition) is 5. The number of carbonyl (C=O) groups is 3. The summed E-state index contributed by atoms with van der Waals surface area (Å²) in [7, 11) is 0. The largest absolute Gasteiger partial charge is 0.346 e. The average molecular weight is 390 g/mol. The summed E-state index contributed by atoms with van der Waals surface area (Å²) in [6, 6.07) is 12.5. The minimum absolute atomic E-state index is 0.156. The van der Waals surface area contributed by atoms with Crippen molar-refractivity contribution in [2.45, 2.75) is 39.7 Å². The Labute approximate surface area is 169 Å². The van der Waals surface area contributed by atoms with Gasteiger partial charge in [0.2, 0.25) is 11.8 Å². The van der Waals surface area contributed by atoms with Crippen LogP contribution < -0.4 is 10.6 Å². The van der Waals surface area contributed by atoms with Gasteiger partial charge in [-0.2, -0.15) is 5.26 Å². The molecule has 2 atom stereocenters. The van der Waals surface area contributed by atoms with Crippen molar-refractivity contribution in [2.24, 2.45) is 5.41 Å². The third-order valence-corrected chi connectivity index (χ3v) is 5.50. The van der Waals surface area contributed by atoms with Crippen molar-refractivity contribution in [1.82, 2.24) is 15.6 Å². The summed E-state index contributed by atoms with van der Waals surface area (Å²) in [6.45, 7) is 5.77. The van der Waals surface area contributed by atoms with E-state index < -0.39 is 5.41 Å². The van der Waals surface area contributed by atoms with E-state index in [1.807, 2.05) is 26.0 Å². The lowest BCUT2D eigenvalue weighted by Gasteiger charge is -2.28. The van der Waals surface area contributed by atoms with Gasteiger partial charge in [-0.1, -0.05) is 19.1 Å². The van der Waals surface area contributed by atoms with E-state index in [0.29, 0.717) is 17.0 Å². The lowest BCUT2D eigenvalue weighted by Crippen LogP contribution is -2.33. The van der Waals surface area contributed by atoms with Crippen LogP contribution in [0.1, 0.15) is 59.1 Å². The molecule has 2 heterocycles. The minimum Gasteiger partial charge on any atom is -0.346 e. The minimum atomic E-state index is -0.795. The highest BCUT2D eigenvalue weighted by Gasteiger charge is 2.46. The summed E-state index contributed by atoms with van der Waals surface area (Å²) in [5, 5.41) is 14.2. The second-order valence-corrected chi connectivity index (χ2v) is 7.63.